The molecule has 1 aromatic heterocycles. The summed E-state index contributed by atoms with van der Waals surface area (Å²) in [4.78, 5) is 27.7. The molecule has 6 nitrogen and oxygen atoms in total. The Bertz CT molecular complexity index is 771. The van der Waals surface area contributed by atoms with Crippen LogP contribution in [0.25, 0.3) is 0 Å². The number of carboxylic acids is 1. The number of ether oxygens (including phenoxy) is 1. The van der Waals surface area contributed by atoms with E-state index in [-0.39, 0.29) is 16.8 Å². The van der Waals surface area contributed by atoms with Crippen molar-refractivity contribution < 1.29 is 19.4 Å². The quantitative estimate of drug-likeness (QED) is 0.595. The maximum Gasteiger partial charge on any atom is 0.347 e. The summed E-state index contributed by atoms with van der Waals surface area (Å²) in [6.45, 7) is 3.49. The maximum absolute atomic E-state index is 12.1. The van der Waals surface area contributed by atoms with Gasteiger partial charge in [0, 0.05) is 6.42 Å². The minimum Gasteiger partial charge on any atom is -0.497 e. The Labute approximate surface area is 163 Å². The Morgan fingerprint density at radius 2 is 1.93 bits per heavy atom. The molecular weight excluding hydrogens is 364 g/mol. The van der Waals surface area contributed by atoms with Crippen LogP contribution in [0, 0.1) is 6.92 Å². The van der Waals surface area contributed by atoms with Crippen LogP contribution in [0.1, 0.15) is 64.6 Å². The Balaban J connectivity index is 1.68. The summed E-state index contributed by atoms with van der Waals surface area (Å²) in [5.41, 5.74) is 1.75. The van der Waals surface area contributed by atoms with Crippen LogP contribution in [0.4, 0.5) is 0 Å². The van der Waals surface area contributed by atoms with Gasteiger partial charge >= 0.3 is 5.97 Å². The highest BCUT2D eigenvalue weighted by Crippen LogP contribution is 2.23. The highest BCUT2D eigenvalue weighted by molar-refractivity contribution is 7.13. The van der Waals surface area contributed by atoms with Crippen molar-refractivity contribution in [1.82, 2.24) is 10.3 Å². The summed E-state index contributed by atoms with van der Waals surface area (Å²) in [6.07, 6.45) is 4.28. The number of benzene rings is 1. The van der Waals surface area contributed by atoms with Gasteiger partial charge in [0.15, 0.2) is 0 Å². The van der Waals surface area contributed by atoms with E-state index in [2.05, 4.69) is 22.4 Å². The molecule has 1 atom stereocenters. The zero-order valence-electron chi connectivity index (χ0n) is 15.9. The lowest BCUT2D eigenvalue weighted by Gasteiger charge is -2.11. The van der Waals surface area contributed by atoms with Gasteiger partial charge in [-0.2, -0.15) is 0 Å². The molecule has 1 heterocycles. The van der Waals surface area contributed by atoms with Crippen LogP contribution >= 0.6 is 11.3 Å². The third-order valence-electron chi connectivity index (χ3n) is 4.28. The van der Waals surface area contributed by atoms with Gasteiger partial charge in [0.2, 0.25) is 5.91 Å². The van der Waals surface area contributed by atoms with E-state index in [4.69, 9.17) is 9.84 Å². The first-order valence-electron chi connectivity index (χ1n) is 9.03. The summed E-state index contributed by atoms with van der Waals surface area (Å²) < 4.78 is 5.14. The van der Waals surface area contributed by atoms with Gasteiger partial charge < -0.3 is 15.2 Å². The van der Waals surface area contributed by atoms with Crippen molar-refractivity contribution in [3.05, 3.63) is 45.4 Å². The SMILES string of the molecule is COc1ccc(CCCCCC(=O)NC(C)c2nc(C)c(C(=O)O)s2)cc1. The predicted octanol–water partition coefficient (Wildman–Crippen LogP) is 4.14. The molecule has 146 valence electrons. The third kappa shape index (κ3) is 6.36. The molecule has 2 N–H and O–H groups in total. The van der Waals surface area contributed by atoms with Crippen LogP contribution in [0.15, 0.2) is 24.3 Å². The van der Waals surface area contributed by atoms with Gasteiger partial charge in [-0.05, 0) is 50.8 Å². The largest absolute Gasteiger partial charge is 0.497 e. The second-order valence-corrected chi connectivity index (χ2v) is 7.50. The molecule has 0 radical (unpaired) electrons. The molecule has 7 heteroatoms. The first kappa shape index (κ1) is 20.9. The van der Waals surface area contributed by atoms with Gasteiger partial charge in [-0.15, -0.1) is 11.3 Å². The Hall–Kier alpha value is -2.41. The first-order valence-corrected chi connectivity index (χ1v) is 9.85. The molecule has 0 aliphatic rings. The van der Waals surface area contributed by atoms with Crippen molar-refractivity contribution in [2.45, 2.75) is 52.0 Å². The van der Waals surface area contributed by atoms with Crippen LogP contribution in [-0.4, -0.2) is 29.1 Å². The Kier molecular flexibility index (Phi) is 7.79. The van der Waals surface area contributed by atoms with Crippen molar-refractivity contribution in [1.29, 1.82) is 0 Å². The standard InChI is InChI=1S/C20H26N2O4S/c1-13-18(20(24)25)27-19(22-13)14(2)21-17(23)8-6-4-5-7-15-9-11-16(26-3)12-10-15/h9-12,14H,4-8H2,1-3H3,(H,21,23)(H,24,25). The van der Waals surface area contributed by atoms with Crippen LogP contribution in [0.2, 0.25) is 0 Å². The second-order valence-electron chi connectivity index (χ2n) is 6.47. The molecule has 2 aromatic rings. The number of aromatic nitrogens is 1. The highest BCUT2D eigenvalue weighted by Gasteiger charge is 2.18. The molecule has 1 unspecified atom stereocenters. The fourth-order valence-electron chi connectivity index (χ4n) is 2.76. The number of unbranched alkanes of at least 4 members (excludes halogenated alkanes) is 2. The Morgan fingerprint density at radius 1 is 1.22 bits per heavy atom. The van der Waals surface area contributed by atoms with Crippen LogP contribution in [0.5, 0.6) is 5.75 Å². The number of hydrogen-bond acceptors (Lipinski definition) is 5. The number of thiazole rings is 1. The molecule has 2 rings (SSSR count). The monoisotopic (exact) mass is 390 g/mol. The van der Waals surface area contributed by atoms with Gasteiger partial charge in [0.05, 0.1) is 18.8 Å². The molecule has 0 aliphatic carbocycles. The number of nitrogens with zero attached hydrogens (tertiary/aromatic N) is 1. The number of methoxy groups -OCH3 is 1. The number of aryl methyl sites for hydroxylation is 2. The lowest BCUT2D eigenvalue weighted by molar-refractivity contribution is -0.121. The van der Waals surface area contributed by atoms with E-state index in [0.29, 0.717) is 17.1 Å². The van der Waals surface area contributed by atoms with E-state index in [9.17, 15) is 9.59 Å². The molecule has 0 aliphatic heterocycles. The molecule has 27 heavy (non-hydrogen) atoms. The molecule has 0 bridgehead atoms. The summed E-state index contributed by atoms with van der Waals surface area (Å²) in [7, 11) is 1.65. The smallest absolute Gasteiger partial charge is 0.347 e. The maximum atomic E-state index is 12.1. The molecule has 0 spiro atoms. The summed E-state index contributed by atoms with van der Waals surface area (Å²) >= 11 is 1.12. The van der Waals surface area contributed by atoms with Gasteiger partial charge in [-0.3, -0.25) is 4.79 Å². The third-order valence-corrected chi connectivity index (χ3v) is 5.61. The molecule has 1 aromatic carbocycles. The normalized spacial score (nSPS) is 11.8. The lowest BCUT2D eigenvalue weighted by Crippen LogP contribution is -2.26. The lowest BCUT2D eigenvalue weighted by atomic mass is 10.1. The van der Waals surface area contributed by atoms with Gasteiger partial charge in [-0.1, -0.05) is 18.6 Å². The van der Waals surface area contributed by atoms with Crippen molar-refractivity contribution in [3.63, 3.8) is 0 Å². The van der Waals surface area contributed by atoms with E-state index < -0.39 is 5.97 Å². The van der Waals surface area contributed by atoms with E-state index >= 15 is 0 Å². The average Bonchev–Trinajstić information content (AvgIpc) is 3.04. The molecule has 0 fully saturated rings. The topological polar surface area (TPSA) is 88.5 Å². The molecule has 1 amide bonds. The number of nitrogens with one attached hydrogen (secondary N) is 1. The van der Waals surface area contributed by atoms with Crippen LogP contribution < -0.4 is 10.1 Å². The van der Waals surface area contributed by atoms with E-state index in [0.717, 1.165) is 42.8 Å². The van der Waals surface area contributed by atoms with Crippen molar-refractivity contribution in [3.8, 4) is 5.75 Å². The zero-order chi connectivity index (χ0) is 19.8. The van der Waals surface area contributed by atoms with E-state index in [1.54, 1.807) is 14.0 Å². The first-order chi connectivity index (χ1) is 12.9. The number of rotatable bonds is 10. The molecule has 0 saturated heterocycles. The fourth-order valence-corrected chi connectivity index (χ4v) is 3.67. The number of amides is 1. The van der Waals surface area contributed by atoms with Gasteiger partial charge in [0.25, 0.3) is 0 Å². The van der Waals surface area contributed by atoms with Crippen LogP contribution in [-0.2, 0) is 11.2 Å². The van der Waals surface area contributed by atoms with E-state index in [1.165, 1.54) is 5.56 Å². The predicted molar refractivity (Wildman–Crippen MR) is 106 cm³/mol. The van der Waals surface area contributed by atoms with Gasteiger partial charge in [-0.25, -0.2) is 9.78 Å². The van der Waals surface area contributed by atoms with Crippen molar-refractivity contribution in [2.24, 2.45) is 0 Å². The average molecular weight is 391 g/mol. The number of carbonyl (C=O) groups excluding carboxylic acids is 1. The van der Waals surface area contributed by atoms with Crippen molar-refractivity contribution in [2.75, 3.05) is 7.11 Å². The fraction of sp³-hybridized carbons (Fsp3) is 0.450. The minimum atomic E-state index is -0.980. The Morgan fingerprint density at radius 3 is 2.52 bits per heavy atom. The molecular formula is C20H26N2O4S. The zero-order valence-corrected chi connectivity index (χ0v) is 16.8. The molecule has 0 saturated carbocycles. The van der Waals surface area contributed by atoms with Gasteiger partial charge in [0.1, 0.15) is 15.6 Å². The summed E-state index contributed by atoms with van der Waals surface area (Å²) in [5.74, 6) is -0.154. The van der Waals surface area contributed by atoms with Crippen LogP contribution in [0.3, 0.4) is 0 Å². The van der Waals surface area contributed by atoms with E-state index in [1.807, 2.05) is 19.1 Å². The number of aromatic carboxylic acids is 1. The summed E-state index contributed by atoms with van der Waals surface area (Å²) in [6, 6.07) is 7.76. The van der Waals surface area contributed by atoms with Crippen molar-refractivity contribution >= 4 is 23.2 Å². The number of hydrogen-bond donors (Lipinski definition) is 2. The highest BCUT2D eigenvalue weighted by atomic mass is 32.1. The summed E-state index contributed by atoms with van der Waals surface area (Å²) in [5, 5.41) is 12.6. The minimum absolute atomic E-state index is 0.0309. The number of carbonyl (C=O) groups is 2. The second kappa shape index (κ2) is 10.1. The number of carboxylic acid groups (broad SMARTS) is 1.